The molecule has 0 aromatic carbocycles. The summed E-state index contributed by atoms with van der Waals surface area (Å²) in [5.74, 6) is 0. The van der Waals surface area contributed by atoms with Crippen molar-refractivity contribution in [1.29, 1.82) is 0 Å². The van der Waals surface area contributed by atoms with E-state index in [0.29, 0.717) is 6.04 Å². The molecule has 0 aliphatic carbocycles. The molecule has 2 fully saturated rings. The van der Waals surface area contributed by atoms with Crippen LogP contribution in [-0.2, 0) is 4.74 Å². The molecule has 2 aliphatic heterocycles. The molecule has 6 heteroatoms. The van der Waals surface area contributed by atoms with E-state index in [2.05, 4.69) is 33.0 Å². The molecule has 2 heterocycles. The smallest absolute Gasteiger partial charge is 0.0608 e. The highest BCUT2D eigenvalue weighted by atomic mass is 16.5. The van der Waals surface area contributed by atoms with Gasteiger partial charge >= 0.3 is 0 Å². The summed E-state index contributed by atoms with van der Waals surface area (Å²) in [6.45, 7) is 16.5. The second kappa shape index (κ2) is 10.2. The topological polar surface area (TPSA) is 68.2 Å². The minimum atomic E-state index is -0.192. The van der Waals surface area contributed by atoms with Crippen molar-refractivity contribution in [1.82, 2.24) is 15.4 Å². The van der Waals surface area contributed by atoms with Crippen LogP contribution in [0.1, 0.15) is 95.9 Å². The van der Waals surface area contributed by atoms with Gasteiger partial charge in [0.15, 0.2) is 0 Å². The summed E-state index contributed by atoms with van der Waals surface area (Å²) in [5.41, 5.74) is -0.643. The van der Waals surface area contributed by atoms with Crippen LogP contribution in [0, 0.1) is 0 Å². The monoisotopic (exact) mass is 405 g/mol. The van der Waals surface area contributed by atoms with Crippen molar-refractivity contribution in [2.24, 2.45) is 0 Å². The molecular weight excluding hydrogens is 354 g/mol. The Hall–Kier alpha value is -0.240. The van der Waals surface area contributed by atoms with Crippen molar-refractivity contribution in [3.63, 3.8) is 0 Å². The van der Waals surface area contributed by atoms with Crippen LogP contribution in [0.3, 0.4) is 0 Å². The van der Waals surface area contributed by atoms with Crippen LogP contribution in [0.5, 0.6) is 0 Å². The fourth-order valence-electron chi connectivity index (χ4n) is 4.82. The molecule has 0 aromatic rings. The number of hydroxylamine groups is 4. The Morgan fingerprint density at radius 3 is 1.25 bits per heavy atom. The fourth-order valence-corrected chi connectivity index (χ4v) is 4.82. The fraction of sp³-hybridized carbons (Fsp3) is 1.00. The number of nitrogens with one attached hydrogen (secondary N) is 1. The molecule has 2 rings (SSSR count). The summed E-state index contributed by atoms with van der Waals surface area (Å²) in [7, 11) is 3.73. The largest absolute Gasteiger partial charge is 0.381 e. The van der Waals surface area contributed by atoms with Crippen molar-refractivity contribution in [3.05, 3.63) is 0 Å². The third kappa shape index (κ3) is 6.92. The Kier molecular flexibility index (Phi) is 10.9. The van der Waals surface area contributed by atoms with Crippen molar-refractivity contribution in [2.75, 3.05) is 14.2 Å². The second-order valence-electron chi connectivity index (χ2n) is 10.5. The van der Waals surface area contributed by atoms with Crippen molar-refractivity contribution in [2.45, 2.75) is 130 Å². The summed E-state index contributed by atoms with van der Waals surface area (Å²) in [5, 5.41) is 26.2. The third-order valence-corrected chi connectivity index (χ3v) is 5.98. The van der Waals surface area contributed by atoms with Gasteiger partial charge < -0.3 is 20.5 Å². The molecule has 3 N–H and O–H groups in total. The highest BCUT2D eigenvalue weighted by Gasteiger charge is 2.45. The quantitative estimate of drug-likeness (QED) is 0.605. The Morgan fingerprint density at radius 2 is 1.00 bits per heavy atom. The van der Waals surface area contributed by atoms with Crippen LogP contribution in [0.2, 0.25) is 0 Å². The predicted molar refractivity (Wildman–Crippen MR) is 119 cm³/mol. The molecule has 0 spiro atoms. The third-order valence-electron chi connectivity index (χ3n) is 5.98. The number of hydrogen-bond acceptors (Lipinski definition) is 6. The van der Waals surface area contributed by atoms with Gasteiger partial charge in [0, 0.05) is 35.3 Å². The van der Waals surface area contributed by atoms with E-state index in [4.69, 9.17) is 4.74 Å². The lowest BCUT2D eigenvalue weighted by molar-refractivity contribution is -0.259. The number of piperidine rings is 2. The standard InChI is InChI=1S/C10H22N2O.C10H21NO2.2CH4/c1-9(2)6-8(11-5)7-10(3,4)12(9)13;1-9(2)6-8(13-5)7-10(3,4)11(9)12;;/h8,11,13H,6-7H2,1-5H3;8,12H,6-7H2,1-5H3;2*1H4. The normalized spacial score (nSPS) is 27.0. The maximum absolute atomic E-state index is 9.98. The molecule has 0 aromatic heterocycles. The number of nitrogens with zero attached hydrogens (tertiary/aromatic N) is 2. The average molecular weight is 406 g/mol. The SMILES string of the molecule is C.C.CNC1CC(C)(C)N(O)C(C)(C)C1.COC1CC(C)(C)N(O)C(C)(C)C1. The molecule has 0 amide bonds. The second-order valence-corrected chi connectivity index (χ2v) is 10.5. The van der Waals surface area contributed by atoms with E-state index < -0.39 is 0 Å². The Labute approximate surface area is 175 Å². The summed E-state index contributed by atoms with van der Waals surface area (Å²) < 4.78 is 5.37. The van der Waals surface area contributed by atoms with Gasteiger partial charge in [0.05, 0.1) is 6.10 Å². The van der Waals surface area contributed by atoms with Gasteiger partial charge in [-0.1, -0.05) is 14.9 Å². The van der Waals surface area contributed by atoms with Crippen LogP contribution in [0.4, 0.5) is 0 Å². The minimum Gasteiger partial charge on any atom is -0.381 e. The average Bonchev–Trinajstić information content (AvgIpc) is 2.49. The van der Waals surface area contributed by atoms with E-state index in [0.717, 1.165) is 25.7 Å². The van der Waals surface area contributed by atoms with E-state index in [1.165, 1.54) is 10.1 Å². The molecular formula is C22H51N3O3. The molecule has 2 aliphatic rings. The van der Waals surface area contributed by atoms with E-state index in [1.807, 2.05) is 34.7 Å². The van der Waals surface area contributed by atoms with E-state index in [-0.39, 0.29) is 43.1 Å². The first-order chi connectivity index (χ1) is 11.6. The molecule has 172 valence electrons. The van der Waals surface area contributed by atoms with Gasteiger partial charge in [-0.05, 0) is 88.1 Å². The summed E-state index contributed by atoms with van der Waals surface area (Å²) in [6.07, 6.45) is 3.99. The molecule has 6 nitrogen and oxygen atoms in total. The zero-order valence-corrected chi connectivity index (χ0v) is 18.7. The molecule has 0 unspecified atom stereocenters. The van der Waals surface area contributed by atoms with Crippen LogP contribution >= 0.6 is 0 Å². The summed E-state index contributed by atoms with van der Waals surface area (Å²) >= 11 is 0. The lowest BCUT2D eigenvalue weighted by Gasteiger charge is -2.51. The molecule has 2 saturated heterocycles. The van der Waals surface area contributed by atoms with Crippen molar-refractivity contribution >= 4 is 0 Å². The first-order valence-electron chi connectivity index (χ1n) is 9.77. The van der Waals surface area contributed by atoms with Crippen molar-refractivity contribution < 1.29 is 15.2 Å². The maximum atomic E-state index is 9.98. The van der Waals surface area contributed by atoms with Gasteiger partial charge in [-0.25, -0.2) is 0 Å². The Bertz CT molecular complexity index is 386. The number of methoxy groups -OCH3 is 1. The van der Waals surface area contributed by atoms with Crippen LogP contribution in [0.15, 0.2) is 0 Å². The molecule has 28 heavy (non-hydrogen) atoms. The van der Waals surface area contributed by atoms with E-state index in [1.54, 1.807) is 7.11 Å². The highest BCUT2D eigenvalue weighted by Crippen LogP contribution is 2.38. The van der Waals surface area contributed by atoms with Gasteiger partial charge in [-0.15, -0.1) is 0 Å². The lowest BCUT2D eigenvalue weighted by atomic mass is 9.79. The van der Waals surface area contributed by atoms with Crippen LogP contribution in [-0.4, -0.2) is 69.0 Å². The van der Waals surface area contributed by atoms with Gasteiger partial charge in [-0.3, -0.25) is 0 Å². The van der Waals surface area contributed by atoms with Crippen LogP contribution in [0.25, 0.3) is 0 Å². The molecule has 0 atom stereocenters. The first-order valence-corrected chi connectivity index (χ1v) is 9.77. The van der Waals surface area contributed by atoms with Crippen LogP contribution < -0.4 is 5.32 Å². The predicted octanol–water partition coefficient (Wildman–Crippen LogP) is 4.93. The van der Waals surface area contributed by atoms with Crippen molar-refractivity contribution in [3.8, 4) is 0 Å². The Morgan fingerprint density at radius 1 is 0.714 bits per heavy atom. The van der Waals surface area contributed by atoms with Gasteiger partial charge in [0.25, 0.3) is 0 Å². The van der Waals surface area contributed by atoms with Gasteiger partial charge in [0.1, 0.15) is 0 Å². The van der Waals surface area contributed by atoms with E-state index >= 15 is 0 Å². The number of hydrogen-bond donors (Lipinski definition) is 3. The summed E-state index contributed by atoms with van der Waals surface area (Å²) in [4.78, 5) is 0. The van der Waals surface area contributed by atoms with E-state index in [9.17, 15) is 10.4 Å². The number of ether oxygens (including phenoxy) is 1. The maximum Gasteiger partial charge on any atom is 0.0608 e. The van der Waals surface area contributed by atoms with Gasteiger partial charge in [0.2, 0.25) is 0 Å². The first kappa shape index (κ1) is 30.0. The highest BCUT2D eigenvalue weighted by molar-refractivity contribution is 4.98. The lowest BCUT2D eigenvalue weighted by Crippen LogP contribution is -2.62. The molecule has 0 saturated carbocycles. The Balaban J connectivity index is 0. The molecule has 0 radical (unpaired) electrons. The van der Waals surface area contributed by atoms with Gasteiger partial charge in [-0.2, -0.15) is 10.1 Å². The number of rotatable bonds is 2. The molecule has 0 bridgehead atoms. The zero-order chi connectivity index (χ0) is 20.6. The minimum absolute atomic E-state index is 0. The zero-order valence-electron chi connectivity index (χ0n) is 18.7. The summed E-state index contributed by atoms with van der Waals surface area (Å²) in [6, 6.07) is 0.508.